The molecule has 1 saturated heterocycles. The lowest BCUT2D eigenvalue weighted by Crippen LogP contribution is -2.47. The Kier molecular flexibility index (Phi) is 4.04. The number of likely N-dealkylation sites (N-methyl/N-ethyl adjacent to an activating group) is 1. The van der Waals surface area contributed by atoms with Gasteiger partial charge in [0.1, 0.15) is 11.9 Å². The van der Waals surface area contributed by atoms with E-state index in [-0.39, 0.29) is 24.2 Å². The molecular weight excluding hydrogens is 247 g/mol. The van der Waals surface area contributed by atoms with Crippen LogP contribution in [0.25, 0.3) is 0 Å². The van der Waals surface area contributed by atoms with Gasteiger partial charge < -0.3 is 14.9 Å². The van der Waals surface area contributed by atoms with Crippen LogP contribution in [0.15, 0.2) is 24.3 Å². The molecule has 19 heavy (non-hydrogen) atoms. The summed E-state index contributed by atoms with van der Waals surface area (Å²) in [5.41, 5.74) is 0.634. The average molecular weight is 266 g/mol. The standard InChI is InChI=1S/C14H19FN2O2/c1-10-7-16(2)14(19)13(9-18)17(8-10)12-5-3-4-11(15)6-12/h3-6,10,13,18H,7-9H2,1-2H3. The second-order valence-electron chi connectivity index (χ2n) is 5.15. The van der Waals surface area contributed by atoms with E-state index >= 15 is 0 Å². The Labute approximate surface area is 112 Å². The number of amides is 1. The van der Waals surface area contributed by atoms with E-state index in [1.165, 1.54) is 12.1 Å². The largest absolute Gasteiger partial charge is 0.394 e. The molecule has 1 heterocycles. The van der Waals surface area contributed by atoms with Crippen molar-refractivity contribution < 1.29 is 14.3 Å². The number of carbonyl (C=O) groups is 1. The number of nitrogens with zero attached hydrogens (tertiary/aromatic N) is 2. The number of carbonyl (C=O) groups excluding carboxylic acids is 1. The zero-order chi connectivity index (χ0) is 14.0. The minimum absolute atomic E-state index is 0.129. The molecular formula is C14H19FN2O2. The van der Waals surface area contributed by atoms with Gasteiger partial charge in [-0.05, 0) is 24.1 Å². The van der Waals surface area contributed by atoms with Gasteiger partial charge in [-0.3, -0.25) is 4.79 Å². The molecule has 0 bridgehead atoms. The maximum atomic E-state index is 13.3. The van der Waals surface area contributed by atoms with E-state index in [0.717, 1.165) is 0 Å². The van der Waals surface area contributed by atoms with Gasteiger partial charge in [-0.15, -0.1) is 0 Å². The molecule has 5 heteroatoms. The molecule has 2 unspecified atom stereocenters. The van der Waals surface area contributed by atoms with Crippen molar-refractivity contribution in [3.63, 3.8) is 0 Å². The fourth-order valence-corrected chi connectivity index (χ4v) is 2.58. The van der Waals surface area contributed by atoms with E-state index in [9.17, 15) is 14.3 Å². The fraction of sp³-hybridized carbons (Fsp3) is 0.500. The monoisotopic (exact) mass is 266 g/mol. The lowest BCUT2D eigenvalue weighted by Gasteiger charge is -2.30. The van der Waals surface area contributed by atoms with Crippen LogP contribution in [-0.2, 0) is 4.79 Å². The second-order valence-corrected chi connectivity index (χ2v) is 5.15. The Morgan fingerprint density at radius 1 is 1.42 bits per heavy atom. The fourth-order valence-electron chi connectivity index (χ4n) is 2.58. The third-order valence-electron chi connectivity index (χ3n) is 3.44. The van der Waals surface area contributed by atoms with Crippen molar-refractivity contribution in [3.8, 4) is 0 Å². The normalized spacial score (nSPS) is 24.5. The molecule has 1 fully saturated rings. The minimum Gasteiger partial charge on any atom is -0.394 e. The van der Waals surface area contributed by atoms with Gasteiger partial charge in [-0.1, -0.05) is 13.0 Å². The molecule has 104 valence electrons. The van der Waals surface area contributed by atoms with Crippen LogP contribution in [0.4, 0.5) is 10.1 Å². The molecule has 0 aliphatic carbocycles. The molecule has 0 saturated carbocycles. The molecule has 1 aliphatic rings. The Bertz CT molecular complexity index is 467. The van der Waals surface area contributed by atoms with E-state index in [0.29, 0.717) is 18.8 Å². The summed E-state index contributed by atoms with van der Waals surface area (Å²) < 4.78 is 13.3. The van der Waals surface area contributed by atoms with Crippen LogP contribution in [0.5, 0.6) is 0 Å². The zero-order valence-corrected chi connectivity index (χ0v) is 11.2. The lowest BCUT2D eigenvalue weighted by molar-refractivity contribution is -0.131. The molecule has 2 atom stereocenters. The highest BCUT2D eigenvalue weighted by molar-refractivity contribution is 5.85. The molecule has 1 aromatic rings. The predicted molar refractivity (Wildman–Crippen MR) is 71.4 cm³/mol. The molecule has 4 nitrogen and oxygen atoms in total. The van der Waals surface area contributed by atoms with E-state index in [1.54, 1.807) is 29.0 Å². The van der Waals surface area contributed by atoms with Gasteiger partial charge in [0.15, 0.2) is 0 Å². The van der Waals surface area contributed by atoms with Crippen molar-refractivity contribution in [2.45, 2.75) is 13.0 Å². The topological polar surface area (TPSA) is 43.8 Å². The number of anilines is 1. The molecule has 0 radical (unpaired) electrons. The van der Waals surface area contributed by atoms with Gasteiger partial charge in [-0.25, -0.2) is 4.39 Å². The number of aliphatic hydroxyl groups excluding tert-OH is 1. The van der Waals surface area contributed by atoms with Gasteiger partial charge in [0.2, 0.25) is 5.91 Å². The highest BCUT2D eigenvalue weighted by atomic mass is 19.1. The Morgan fingerprint density at radius 3 is 2.79 bits per heavy atom. The summed E-state index contributed by atoms with van der Waals surface area (Å²) in [5.74, 6) is -0.211. The molecule has 1 aliphatic heterocycles. The highest BCUT2D eigenvalue weighted by Crippen LogP contribution is 2.23. The number of halogens is 1. The van der Waals surface area contributed by atoms with Crippen LogP contribution >= 0.6 is 0 Å². The summed E-state index contributed by atoms with van der Waals surface area (Å²) >= 11 is 0. The lowest BCUT2D eigenvalue weighted by atomic mass is 10.1. The van der Waals surface area contributed by atoms with E-state index in [4.69, 9.17) is 0 Å². The third kappa shape index (κ3) is 2.87. The van der Waals surface area contributed by atoms with Crippen molar-refractivity contribution in [3.05, 3.63) is 30.1 Å². The minimum atomic E-state index is -0.642. The van der Waals surface area contributed by atoms with Crippen LogP contribution in [0, 0.1) is 11.7 Å². The summed E-state index contributed by atoms with van der Waals surface area (Å²) in [6.07, 6.45) is 0. The first-order chi connectivity index (χ1) is 9.02. The molecule has 1 amide bonds. The van der Waals surface area contributed by atoms with Crippen LogP contribution in [0.2, 0.25) is 0 Å². The SMILES string of the molecule is CC1CN(C)C(=O)C(CO)N(c2cccc(F)c2)C1. The van der Waals surface area contributed by atoms with Crippen LogP contribution in [0.1, 0.15) is 6.92 Å². The first kappa shape index (κ1) is 13.8. The molecule has 1 aromatic carbocycles. The van der Waals surface area contributed by atoms with Gasteiger partial charge >= 0.3 is 0 Å². The van der Waals surface area contributed by atoms with Gasteiger partial charge in [0.05, 0.1) is 6.61 Å². The van der Waals surface area contributed by atoms with Crippen molar-refractivity contribution in [2.24, 2.45) is 5.92 Å². The first-order valence-corrected chi connectivity index (χ1v) is 6.41. The maximum Gasteiger partial charge on any atom is 0.247 e. The average Bonchev–Trinajstić information content (AvgIpc) is 2.47. The number of benzene rings is 1. The smallest absolute Gasteiger partial charge is 0.247 e. The van der Waals surface area contributed by atoms with Gasteiger partial charge in [-0.2, -0.15) is 0 Å². The van der Waals surface area contributed by atoms with E-state index in [2.05, 4.69) is 0 Å². The summed E-state index contributed by atoms with van der Waals surface area (Å²) in [5, 5.41) is 9.51. The quantitative estimate of drug-likeness (QED) is 0.872. The molecule has 2 rings (SSSR count). The number of hydrogen-bond acceptors (Lipinski definition) is 3. The van der Waals surface area contributed by atoms with Crippen LogP contribution < -0.4 is 4.90 Å². The van der Waals surface area contributed by atoms with Gasteiger partial charge in [0, 0.05) is 25.8 Å². The number of rotatable bonds is 2. The Morgan fingerprint density at radius 2 is 2.16 bits per heavy atom. The van der Waals surface area contributed by atoms with Crippen LogP contribution in [-0.4, -0.2) is 48.7 Å². The van der Waals surface area contributed by atoms with E-state index in [1.807, 2.05) is 6.92 Å². The molecule has 0 spiro atoms. The van der Waals surface area contributed by atoms with Crippen molar-refractivity contribution in [2.75, 3.05) is 31.6 Å². The van der Waals surface area contributed by atoms with Crippen molar-refractivity contribution in [1.82, 2.24) is 4.90 Å². The Balaban J connectivity index is 2.37. The third-order valence-corrected chi connectivity index (χ3v) is 3.44. The zero-order valence-electron chi connectivity index (χ0n) is 11.2. The summed E-state index contributed by atoms with van der Waals surface area (Å²) in [6, 6.07) is 5.50. The Hall–Kier alpha value is -1.62. The van der Waals surface area contributed by atoms with Gasteiger partial charge in [0.25, 0.3) is 0 Å². The predicted octanol–water partition coefficient (Wildman–Crippen LogP) is 1.10. The number of aliphatic hydroxyl groups is 1. The molecule has 0 aromatic heterocycles. The molecule has 1 N–H and O–H groups in total. The highest BCUT2D eigenvalue weighted by Gasteiger charge is 2.33. The first-order valence-electron chi connectivity index (χ1n) is 6.41. The summed E-state index contributed by atoms with van der Waals surface area (Å²) in [6.45, 7) is 3.02. The summed E-state index contributed by atoms with van der Waals surface area (Å²) in [4.78, 5) is 15.6. The van der Waals surface area contributed by atoms with Crippen LogP contribution in [0.3, 0.4) is 0 Å². The maximum absolute atomic E-state index is 13.3. The van der Waals surface area contributed by atoms with Crippen molar-refractivity contribution in [1.29, 1.82) is 0 Å². The number of hydrogen-bond donors (Lipinski definition) is 1. The van der Waals surface area contributed by atoms with E-state index < -0.39 is 6.04 Å². The summed E-state index contributed by atoms with van der Waals surface area (Å²) in [7, 11) is 1.73. The van der Waals surface area contributed by atoms with Crippen molar-refractivity contribution >= 4 is 11.6 Å². The second kappa shape index (κ2) is 5.57.